The molecule has 1 unspecified atom stereocenters. The number of alkyl halides is 3. The van der Waals surface area contributed by atoms with Gasteiger partial charge in [-0.25, -0.2) is 0 Å². The molecule has 12 nitrogen and oxygen atoms in total. The van der Waals surface area contributed by atoms with E-state index in [4.69, 9.17) is 28.9 Å². The number of benzene rings is 3. The van der Waals surface area contributed by atoms with Crippen LogP contribution in [0.3, 0.4) is 0 Å². The van der Waals surface area contributed by atoms with Gasteiger partial charge in [0.1, 0.15) is 5.75 Å². The fourth-order valence-corrected chi connectivity index (χ4v) is 7.50. The second-order valence-corrected chi connectivity index (χ2v) is 14.6. The van der Waals surface area contributed by atoms with Gasteiger partial charge in [-0.05, 0) is 90.7 Å². The Kier molecular flexibility index (Phi) is 15.4. The van der Waals surface area contributed by atoms with Crippen LogP contribution in [-0.4, -0.2) is 86.4 Å². The Morgan fingerprint density at radius 2 is 1.66 bits per heavy atom. The molecule has 5 rings (SSSR count). The maximum atomic E-state index is 13.6. The zero-order valence-corrected chi connectivity index (χ0v) is 31.9. The van der Waals surface area contributed by atoms with Crippen molar-refractivity contribution in [2.75, 3.05) is 53.3 Å². The van der Waals surface area contributed by atoms with Crippen LogP contribution in [0, 0.1) is 11.3 Å². The molecule has 2 fully saturated rings. The number of nitrogens with zero attached hydrogens (tertiary/aromatic N) is 2. The molecule has 4 amide bonds. The summed E-state index contributed by atoms with van der Waals surface area (Å²) in [5.74, 6) is -1.43. The Balaban J connectivity index is 0.965. The lowest BCUT2D eigenvalue weighted by atomic mass is 10.1. The zero-order valence-electron chi connectivity index (χ0n) is 30.2. The van der Waals surface area contributed by atoms with Gasteiger partial charge in [0.25, 0.3) is 11.1 Å². The van der Waals surface area contributed by atoms with Crippen LogP contribution in [0.5, 0.6) is 17.2 Å². The summed E-state index contributed by atoms with van der Waals surface area (Å²) in [4.78, 5) is 51.2. The lowest BCUT2D eigenvalue weighted by Gasteiger charge is -2.20. The van der Waals surface area contributed by atoms with Gasteiger partial charge in [-0.1, -0.05) is 18.2 Å². The molecular weight excluding hydrogens is 776 g/mol. The Morgan fingerprint density at radius 3 is 2.38 bits per heavy atom. The average Bonchev–Trinajstić information content (AvgIpc) is 3.43. The third kappa shape index (κ3) is 12.1. The summed E-state index contributed by atoms with van der Waals surface area (Å²) < 4.78 is 68.5. The van der Waals surface area contributed by atoms with Gasteiger partial charge in [0.15, 0.2) is 11.5 Å². The lowest BCUT2D eigenvalue weighted by Crippen LogP contribution is -2.42. The van der Waals surface area contributed by atoms with Gasteiger partial charge in [0, 0.05) is 17.9 Å². The van der Waals surface area contributed by atoms with Crippen molar-refractivity contribution in [3.8, 4) is 23.3 Å². The second-order valence-electron chi connectivity index (χ2n) is 12.3. The molecule has 0 bridgehead atoms. The lowest BCUT2D eigenvalue weighted by molar-refractivity contribution is -0.138. The fraction of sp³-hybridized carbons (Fsp3) is 0.359. The van der Waals surface area contributed by atoms with Gasteiger partial charge >= 0.3 is 6.18 Å². The Labute approximate surface area is 329 Å². The third-order valence-corrected chi connectivity index (χ3v) is 10.5. The van der Waals surface area contributed by atoms with Crippen molar-refractivity contribution in [2.45, 2.75) is 42.0 Å². The first-order valence-electron chi connectivity index (χ1n) is 17.5. The largest absolute Gasteiger partial charge is 0.493 e. The second kappa shape index (κ2) is 20.3. The minimum atomic E-state index is -4.77. The van der Waals surface area contributed by atoms with E-state index in [0.717, 1.165) is 46.0 Å². The Morgan fingerprint density at radius 1 is 0.929 bits per heavy atom. The van der Waals surface area contributed by atoms with E-state index in [1.807, 2.05) is 18.2 Å². The molecular formula is C39H38F3N3O9S2. The van der Waals surface area contributed by atoms with Gasteiger partial charge in [-0.3, -0.25) is 29.4 Å². The molecule has 0 aliphatic carbocycles. The maximum Gasteiger partial charge on any atom is 0.420 e. The van der Waals surface area contributed by atoms with Crippen LogP contribution >= 0.6 is 23.5 Å². The SMILES string of the molecule is COc1cc(/C=C2\SC(=O)N(CCOCCOCCOCCCc3cccc(SC4CCC(=O)NC4=O)c3)C2=O)ccc1Oc1ccc(C#N)cc1C(F)(F)F. The molecule has 2 saturated heterocycles. The molecule has 2 aliphatic rings. The van der Waals surface area contributed by atoms with E-state index in [1.165, 1.54) is 49.2 Å². The topological polar surface area (TPSA) is 153 Å². The van der Waals surface area contributed by atoms with Crippen molar-refractivity contribution in [1.29, 1.82) is 5.26 Å². The predicted octanol–water partition coefficient (Wildman–Crippen LogP) is 6.99. The molecule has 3 aromatic carbocycles. The molecule has 0 radical (unpaired) electrons. The molecule has 0 spiro atoms. The van der Waals surface area contributed by atoms with Gasteiger partial charge < -0.3 is 23.7 Å². The predicted molar refractivity (Wildman–Crippen MR) is 201 cm³/mol. The highest BCUT2D eigenvalue weighted by atomic mass is 32.2. The highest BCUT2D eigenvalue weighted by Crippen LogP contribution is 2.41. The number of carbonyl (C=O) groups is 4. The van der Waals surface area contributed by atoms with Gasteiger partial charge in [0.2, 0.25) is 11.8 Å². The number of hydrogen-bond donors (Lipinski definition) is 1. The summed E-state index contributed by atoms with van der Waals surface area (Å²) in [6, 6.07) is 17.0. The van der Waals surface area contributed by atoms with Crippen LogP contribution in [0.2, 0.25) is 0 Å². The van der Waals surface area contributed by atoms with E-state index < -0.39 is 28.6 Å². The zero-order chi connectivity index (χ0) is 40.1. The summed E-state index contributed by atoms with van der Waals surface area (Å²) in [6.07, 6.45) is -0.790. The normalized spacial score (nSPS) is 16.7. The highest BCUT2D eigenvalue weighted by molar-refractivity contribution is 8.18. The van der Waals surface area contributed by atoms with Crippen LogP contribution < -0.4 is 14.8 Å². The number of nitriles is 1. The number of halogens is 3. The Bertz CT molecular complexity index is 1990. The van der Waals surface area contributed by atoms with Crippen molar-refractivity contribution in [2.24, 2.45) is 0 Å². The Hall–Kier alpha value is -4.86. The van der Waals surface area contributed by atoms with E-state index in [2.05, 4.69) is 11.4 Å². The van der Waals surface area contributed by atoms with E-state index in [0.29, 0.717) is 50.9 Å². The fourth-order valence-electron chi connectivity index (χ4n) is 5.53. The van der Waals surface area contributed by atoms with E-state index in [9.17, 15) is 32.3 Å². The molecule has 17 heteroatoms. The standard InChI is InChI=1S/C39H38F3N3O9S2/c1-50-32-22-26(7-10-31(32)54-30-9-8-27(24-43)21-29(30)39(40,41)42)23-34-37(48)45(38(49)56-34)13-15-52-17-19-53-18-16-51-14-3-5-25-4-2-6-28(20-25)55-33-11-12-35(46)44-36(33)47/h2,4,6-10,20-23,33H,3,5,11-19H2,1H3,(H,44,46,47)/b34-23-. The van der Waals surface area contributed by atoms with Crippen molar-refractivity contribution >= 4 is 52.6 Å². The average molecular weight is 814 g/mol. The molecule has 1 N–H and O–H groups in total. The minimum Gasteiger partial charge on any atom is -0.493 e. The number of rotatable bonds is 19. The van der Waals surface area contributed by atoms with E-state index in [-0.39, 0.29) is 58.8 Å². The molecule has 2 heterocycles. The first kappa shape index (κ1) is 42.3. The summed E-state index contributed by atoms with van der Waals surface area (Å²) in [6.45, 7) is 2.02. The highest BCUT2D eigenvalue weighted by Gasteiger charge is 2.36. The number of methoxy groups -OCH3 is 1. The monoisotopic (exact) mass is 813 g/mol. The van der Waals surface area contributed by atoms with Crippen LogP contribution in [-0.2, 0) is 41.2 Å². The number of carbonyl (C=O) groups excluding carboxylic acids is 4. The first-order chi connectivity index (χ1) is 26.9. The summed E-state index contributed by atoms with van der Waals surface area (Å²) in [5, 5.41) is 10.7. The van der Waals surface area contributed by atoms with E-state index in [1.54, 1.807) is 6.07 Å². The molecule has 0 saturated carbocycles. The smallest absolute Gasteiger partial charge is 0.420 e. The van der Waals surface area contributed by atoms with Crippen molar-refractivity contribution in [3.63, 3.8) is 0 Å². The number of hydrogen-bond acceptors (Lipinski definition) is 12. The number of piperidine rings is 1. The summed E-state index contributed by atoms with van der Waals surface area (Å²) >= 11 is 2.22. The number of ether oxygens (including phenoxy) is 5. The number of aryl methyl sites for hydroxylation is 1. The van der Waals surface area contributed by atoms with Crippen LogP contribution in [0.1, 0.15) is 41.5 Å². The molecule has 56 heavy (non-hydrogen) atoms. The van der Waals surface area contributed by atoms with Gasteiger partial charge in [-0.15, -0.1) is 11.8 Å². The number of thioether (sulfide) groups is 2. The summed E-state index contributed by atoms with van der Waals surface area (Å²) in [5.41, 5.74) is 0.290. The number of amides is 4. The van der Waals surface area contributed by atoms with Crippen LogP contribution in [0.25, 0.3) is 6.08 Å². The number of imide groups is 2. The van der Waals surface area contributed by atoms with Crippen molar-refractivity contribution in [3.05, 3.63) is 87.8 Å². The number of nitrogens with one attached hydrogen (secondary N) is 1. The van der Waals surface area contributed by atoms with Crippen molar-refractivity contribution < 1.29 is 56.0 Å². The minimum absolute atomic E-state index is 0.0269. The molecule has 1 atom stereocenters. The van der Waals surface area contributed by atoms with Gasteiger partial charge in [-0.2, -0.15) is 18.4 Å². The molecule has 2 aliphatic heterocycles. The van der Waals surface area contributed by atoms with E-state index >= 15 is 0 Å². The molecule has 296 valence electrons. The van der Waals surface area contributed by atoms with Crippen LogP contribution in [0.4, 0.5) is 18.0 Å². The quantitative estimate of drug-likeness (QED) is 0.0754. The van der Waals surface area contributed by atoms with Gasteiger partial charge in [0.05, 0.1) is 74.0 Å². The maximum absolute atomic E-state index is 13.6. The van der Waals surface area contributed by atoms with Crippen molar-refractivity contribution in [1.82, 2.24) is 10.2 Å². The molecule has 0 aromatic heterocycles. The first-order valence-corrected chi connectivity index (χ1v) is 19.2. The van der Waals surface area contributed by atoms with Crippen LogP contribution in [0.15, 0.2) is 70.5 Å². The molecule has 3 aromatic rings. The third-order valence-electron chi connectivity index (χ3n) is 8.32. The summed E-state index contributed by atoms with van der Waals surface area (Å²) in [7, 11) is 1.31.